The standard InChI is InChI=1S/C41H48N2O5Si/c1-28-37(22-17-29-11-10-16-33(23-29)42-41(46)30-12-6-5-7-13-30)48-38(40(28)49(3,4)36-20-18-35(47-2)19-21-36)25-39(45)43-26-32-15-9-8-14-31(32)24-34(43)27-44/h5-16,18-21,23,28,34,37-38,40,44H,17,22,24-27H2,1-4H3,(H,42,46)/t28-,34+,37+,38-,40+/m1/s1. The van der Waals surface area contributed by atoms with E-state index in [2.05, 4.69) is 55.7 Å². The van der Waals surface area contributed by atoms with Crippen molar-refractivity contribution < 1.29 is 24.2 Å². The summed E-state index contributed by atoms with van der Waals surface area (Å²) in [6, 6.07) is 33.7. The van der Waals surface area contributed by atoms with Gasteiger partial charge in [-0.15, -0.1) is 0 Å². The van der Waals surface area contributed by atoms with Gasteiger partial charge in [-0.3, -0.25) is 9.59 Å². The minimum absolute atomic E-state index is 0.0221. The Balaban J connectivity index is 1.20. The molecule has 8 heteroatoms. The normalized spacial score (nSPS) is 22.0. The summed E-state index contributed by atoms with van der Waals surface area (Å²) in [5, 5.41) is 14.6. The first-order valence-electron chi connectivity index (χ1n) is 17.4. The second-order valence-electron chi connectivity index (χ2n) is 14.1. The molecule has 6 rings (SSSR count). The van der Waals surface area contributed by atoms with Gasteiger partial charge >= 0.3 is 0 Å². The molecular formula is C41H48N2O5Si. The summed E-state index contributed by atoms with van der Waals surface area (Å²) in [5.41, 5.74) is 5.06. The topological polar surface area (TPSA) is 88.1 Å². The van der Waals surface area contributed by atoms with Gasteiger partial charge in [0.15, 0.2) is 0 Å². The van der Waals surface area contributed by atoms with E-state index in [1.807, 2.05) is 65.6 Å². The lowest BCUT2D eigenvalue weighted by atomic mass is 9.93. The van der Waals surface area contributed by atoms with E-state index in [1.165, 1.54) is 10.8 Å². The highest BCUT2D eigenvalue weighted by atomic mass is 28.3. The molecule has 0 unspecified atom stereocenters. The lowest BCUT2D eigenvalue weighted by Crippen LogP contribution is -2.52. The number of benzene rings is 4. The molecule has 2 aliphatic rings. The van der Waals surface area contributed by atoms with E-state index in [4.69, 9.17) is 9.47 Å². The van der Waals surface area contributed by atoms with Crippen LogP contribution in [-0.4, -0.2) is 61.9 Å². The third kappa shape index (κ3) is 7.67. The predicted octanol–water partition coefficient (Wildman–Crippen LogP) is 6.61. The van der Waals surface area contributed by atoms with Crippen molar-refractivity contribution in [3.05, 3.63) is 125 Å². The van der Waals surface area contributed by atoms with Gasteiger partial charge in [0.25, 0.3) is 5.91 Å². The number of nitrogens with zero attached hydrogens (tertiary/aromatic N) is 1. The molecule has 2 heterocycles. The largest absolute Gasteiger partial charge is 0.497 e. The average molecular weight is 677 g/mol. The number of hydrogen-bond acceptors (Lipinski definition) is 5. The Bertz CT molecular complexity index is 1740. The molecule has 0 aromatic heterocycles. The zero-order chi connectivity index (χ0) is 34.5. The van der Waals surface area contributed by atoms with Gasteiger partial charge in [0, 0.05) is 17.8 Å². The minimum Gasteiger partial charge on any atom is -0.497 e. The van der Waals surface area contributed by atoms with Crippen LogP contribution in [0.4, 0.5) is 5.69 Å². The number of carbonyl (C=O) groups excluding carboxylic acids is 2. The smallest absolute Gasteiger partial charge is 0.255 e. The third-order valence-corrected chi connectivity index (χ3v) is 15.2. The number of aliphatic hydroxyl groups is 1. The van der Waals surface area contributed by atoms with Crippen LogP contribution >= 0.6 is 0 Å². The van der Waals surface area contributed by atoms with Crippen molar-refractivity contribution in [1.29, 1.82) is 0 Å². The summed E-state index contributed by atoms with van der Waals surface area (Å²) in [6.45, 7) is 7.53. The molecule has 2 aliphatic heterocycles. The number of nitrogens with one attached hydrogen (secondary N) is 1. The molecule has 1 saturated heterocycles. The Morgan fingerprint density at radius 2 is 1.63 bits per heavy atom. The van der Waals surface area contributed by atoms with Crippen molar-refractivity contribution in [3.8, 4) is 5.75 Å². The number of anilines is 1. The Hall–Kier alpha value is -4.24. The van der Waals surface area contributed by atoms with Crippen molar-refractivity contribution in [2.75, 3.05) is 19.0 Å². The van der Waals surface area contributed by atoms with E-state index < -0.39 is 8.07 Å². The summed E-state index contributed by atoms with van der Waals surface area (Å²) < 4.78 is 12.4. The number of carbonyl (C=O) groups is 2. The van der Waals surface area contributed by atoms with Crippen molar-refractivity contribution in [1.82, 2.24) is 4.90 Å². The van der Waals surface area contributed by atoms with Crippen LogP contribution in [0.5, 0.6) is 5.75 Å². The number of aryl methyl sites for hydroxylation is 1. The lowest BCUT2D eigenvalue weighted by molar-refractivity contribution is -0.138. The number of rotatable bonds is 11. The van der Waals surface area contributed by atoms with Gasteiger partial charge in [-0.2, -0.15) is 0 Å². The minimum atomic E-state index is -2.17. The van der Waals surface area contributed by atoms with Gasteiger partial charge in [-0.1, -0.05) is 91.9 Å². The first-order valence-corrected chi connectivity index (χ1v) is 20.5. The van der Waals surface area contributed by atoms with Gasteiger partial charge in [0.05, 0.1) is 46.5 Å². The van der Waals surface area contributed by atoms with Crippen LogP contribution in [0.1, 0.15) is 46.8 Å². The summed E-state index contributed by atoms with van der Waals surface area (Å²) >= 11 is 0. The molecule has 256 valence electrons. The van der Waals surface area contributed by atoms with E-state index in [9.17, 15) is 14.7 Å². The van der Waals surface area contributed by atoms with E-state index in [0.717, 1.165) is 35.4 Å². The van der Waals surface area contributed by atoms with E-state index in [-0.39, 0.29) is 54.6 Å². The SMILES string of the molecule is COc1ccc([Si](C)(C)[C@H]2[C@H](C)[C@H](CCc3cccc(NC(=O)c4ccccc4)c3)O[C@@H]2CC(=O)N2Cc3ccccc3C[C@H]2CO)cc1. The quantitative estimate of drug-likeness (QED) is 0.175. The fourth-order valence-corrected chi connectivity index (χ4v) is 12.1. The molecule has 4 aromatic carbocycles. The van der Waals surface area contributed by atoms with Crippen molar-refractivity contribution in [2.45, 2.75) is 76.0 Å². The maximum atomic E-state index is 14.1. The summed E-state index contributed by atoms with van der Waals surface area (Å²) in [7, 11) is -0.483. The predicted molar refractivity (Wildman–Crippen MR) is 197 cm³/mol. The van der Waals surface area contributed by atoms with Crippen molar-refractivity contribution >= 4 is 30.8 Å². The van der Waals surface area contributed by atoms with Crippen LogP contribution in [0, 0.1) is 5.92 Å². The van der Waals surface area contributed by atoms with Crippen LogP contribution in [0.25, 0.3) is 0 Å². The lowest BCUT2D eigenvalue weighted by Gasteiger charge is -2.39. The number of aliphatic hydroxyl groups excluding tert-OH is 1. The highest BCUT2D eigenvalue weighted by Gasteiger charge is 2.51. The van der Waals surface area contributed by atoms with Crippen LogP contribution in [0.3, 0.4) is 0 Å². The number of fused-ring (bicyclic) bond motifs is 1. The second kappa shape index (κ2) is 15.1. The van der Waals surface area contributed by atoms with E-state index >= 15 is 0 Å². The molecule has 4 aromatic rings. The zero-order valence-electron chi connectivity index (χ0n) is 29.0. The van der Waals surface area contributed by atoms with Gasteiger partial charge < -0.3 is 24.8 Å². The number of amides is 2. The zero-order valence-corrected chi connectivity index (χ0v) is 30.0. The van der Waals surface area contributed by atoms with Crippen molar-refractivity contribution in [3.63, 3.8) is 0 Å². The monoisotopic (exact) mass is 676 g/mol. The molecular weight excluding hydrogens is 629 g/mol. The first kappa shape index (κ1) is 34.6. The number of hydrogen-bond donors (Lipinski definition) is 2. The first-order chi connectivity index (χ1) is 23.7. The molecule has 2 amide bonds. The molecule has 0 spiro atoms. The molecule has 2 N–H and O–H groups in total. The van der Waals surface area contributed by atoms with Crippen LogP contribution in [0.15, 0.2) is 103 Å². The second-order valence-corrected chi connectivity index (χ2v) is 18.8. The van der Waals surface area contributed by atoms with Crippen molar-refractivity contribution in [2.24, 2.45) is 5.92 Å². The molecule has 7 nitrogen and oxygen atoms in total. The van der Waals surface area contributed by atoms with E-state index in [0.29, 0.717) is 18.5 Å². The fraction of sp³-hybridized carbons (Fsp3) is 0.366. The Morgan fingerprint density at radius 1 is 0.918 bits per heavy atom. The Morgan fingerprint density at radius 3 is 2.35 bits per heavy atom. The van der Waals surface area contributed by atoms with Gasteiger partial charge in [0.1, 0.15) is 5.75 Å². The molecule has 1 fully saturated rings. The summed E-state index contributed by atoms with van der Waals surface area (Å²) in [4.78, 5) is 28.8. The maximum Gasteiger partial charge on any atom is 0.255 e. The van der Waals surface area contributed by atoms with Gasteiger partial charge in [-0.05, 0) is 83.8 Å². The molecule has 0 aliphatic carbocycles. The molecule has 0 bridgehead atoms. The van der Waals surface area contributed by atoms with Gasteiger partial charge in [-0.25, -0.2) is 0 Å². The number of methoxy groups -OCH3 is 1. The highest BCUT2D eigenvalue weighted by Crippen LogP contribution is 2.47. The molecule has 49 heavy (non-hydrogen) atoms. The third-order valence-electron chi connectivity index (χ3n) is 10.8. The van der Waals surface area contributed by atoms with Crippen LogP contribution < -0.4 is 15.2 Å². The number of ether oxygens (including phenoxy) is 2. The average Bonchev–Trinajstić information content (AvgIpc) is 3.45. The Kier molecular flexibility index (Phi) is 10.7. The summed E-state index contributed by atoms with van der Waals surface area (Å²) in [5.74, 6) is 0.972. The van der Waals surface area contributed by atoms with Gasteiger partial charge in [0.2, 0.25) is 5.91 Å². The fourth-order valence-electron chi connectivity index (χ4n) is 8.08. The van der Waals surface area contributed by atoms with Crippen LogP contribution in [-0.2, 0) is 28.9 Å². The molecule has 5 atom stereocenters. The highest BCUT2D eigenvalue weighted by molar-refractivity contribution is 6.91. The molecule has 0 saturated carbocycles. The summed E-state index contributed by atoms with van der Waals surface area (Å²) in [6.07, 6.45) is 2.29. The molecule has 0 radical (unpaired) electrons. The van der Waals surface area contributed by atoms with Crippen LogP contribution in [0.2, 0.25) is 18.6 Å². The Labute approximate surface area is 291 Å². The maximum absolute atomic E-state index is 14.1. The van der Waals surface area contributed by atoms with E-state index in [1.54, 1.807) is 19.2 Å².